The number of aromatic amines is 1. The first-order chi connectivity index (χ1) is 9.76. The smallest absolute Gasteiger partial charge is 0.150 e. The summed E-state index contributed by atoms with van der Waals surface area (Å²) in [7, 11) is 0. The second kappa shape index (κ2) is 5.85. The fourth-order valence-corrected chi connectivity index (χ4v) is 2.77. The lowest BCUT2D eigenvalue weighted by molar-refractivity contribution is 0.413. The van der Waals surface area contributed by atoms with Crippen LogP contribution in [0.5, 0.6) is 0 Å². The molecule has 0 aliphatic carbocycles. The number of nitrogens with zero attached hydrogens (tertiary/aromatic N) is 2. The molecule has 1 aliphatic rings. The summed E-state index contributed by atoms with van der Waals surface area (Å²) in [5.74, 6) is 1.69. The second-order valence-electron chi connectivity index (χ2n) is 5.31. The van der Waals surface area contributed by atoms with E-state index in [2.05, 4.69) is 21.2 Å². The van der Waals surface area contributed by atoms with Crippen molar-refractivity contribution < 1.29 is 0 Å². The maximum absolute atomic E-state index is 5.91. The molecule has 4 nitrogen and oxygen atoms in total. The van der Waals surface area contributed by atoms with Gasteiger partial charge in [0.2, 0.25) is 0 Å². The van der Waals surface area contributed by atoms with E-state index in [1.54, 1.807) is 0 Å². The van der Waals surface area contributed by atoms with Crippen molar-refractivity contribution in [2.45, 2.75) is 12.8 Å². The summed E-state index contributed by atoms with van der Waals surface area (Å²) in [6, 6.07) is 9.89. The number of nitrogens with one attached hydrogen (secondary N) is 1. The fraction of sp³-hybridized carbons (Fsp3) is 0.400. The molecule has 2 heterocycles. The highest BCUT2D eigenvalue weighted by Gasteiger charge is 2.20. The van der Waals surface area contributed by atoms with Gasteiger partial charge in [0.15, 0.2) is 5.82 Å². The molecule has 106 valence electrons. The summed E-state index contributed by atoms with van der Waals surface area (Å²) in [5.41, 5.74) is 7.86. The van der Waals surface area contributed by atoms with Crippen LogP contribution in [0.4, 0.5) is 5.82 Å². The van der Waals surface area contributed by atoms with Crippen LogP contribution in [0.15, 0.2) is 30.3 Å². The molecule has 20 heavy (non-hydrogen) atoms. The van der Waals surface area contributed by atoms with Gasteiger partial charge in [0, 0.05) is 24.2 Å². The van der Waals surface area contributed by atoms with E-state index in [0.29, 0.717) is 5.92 Å². The van der Waals surface area contributed by atoms with E-state index in [1.807, 2.05) is 24.3 Å². The number of hydrogen-bond acceptors (Lipinski definition) is 3. The Morgan fingerprint density at radius 1 is 1.25 bits per heavy atom. The maximum atomic E-state index is 5.91. The van der Waals surface area contributed by atoms with Crippen LogP contribution < -0.4 is 10.6 Å². The summed E-state index contributed by atoms with van der Waals surface area (Å²) in [5, 5.41) is 8.28. The zero-order valence-corrected chi connectivity index (χ0v) is 12.1. The third kappa shape index (κ3) is 2.81. The van der Waals surface area contributed by atoms with Gasteiger partial charge in [-0.15, -0.1) is 0 Å². The van der Waals surface area contributed by atoms with Crippen molar-refractivity contribution in [2.24, 2.45) is 11.7 Å². The van der Waals surface area contributed by atoms with Crippen molar-refractivity contribution in [3.63, 3.8) is 0 Å². The van der Waals surface area contributed by atoms with E-state index in [9.17, 15) is 0 Å². The molecule has 0 atom stereocenters. The SMILES string of the molecule is NCC1CCN(c2cc(-c3ccc(Cl)cc3)[nH]n2)CC1. The minimum absolute atomic E-state index is 0.668. The van der Waals surface area contributed by atoms with Gasteiger partial charge in [-0.3, -0.25) is 5.10 Å². The Hall–Kier alpha value is -1.52. The molecule has 0 unspecified atom stereocenters. The Balaban J connectivity index is 1.72. The largest absolute Gasteiger partial charge is 0.355 e. The highest BCUT2D eigenvalue weighted by atomic mass is 35.5. The lowest BCUT2D eigenvalue weighted by atomic mass is 9.97. The number of anilines is 1. The standard InChI is InChI=1S/C15H19ClN4/c16-13-3-1-12(2-4-13)14-9-15(19-18-14)20-7-5-11(10-17)6-8-20/h1-4,9,11H,5-8,10,17H2,(H,18,19). The number of nitrogens with two attached hydrogens (primary N) is 1. The summed E-state index contributed by atoms with van der Waals surface area (Å²) in [6.07, 6.45) is 2.30. The van der Waals surface area contributed by atoms with Gasteiger partial charge in [0.25, 0.3) is 0 Å². The van der Waals surface area contributed by atoms with Crippen LogP contribution in [0.2, 0.25) is 5.02 Å². The van der Waals surface area contributed by atoms with Crippen molar-refractivity contribution in [3.8, 4) is 11.3 Å². The van der Waals surface area contributed by atoms with E-state index in [0.717, 1.165) is 54.6 Å². The lowest BCUT2D eigenvalue weighted by Gasteiger charge is -2.31. The van der Waals surface area contributed by atoms with Crippen molar-refractivity contribution in [3.05, 3.63) is 35.4 Å². The molecule has 0 radical (unpaired) electrons. The first kappa shape index (κ1) is 13.5. The molecule has 3 rings (SSSR count). The van der Waals surface area contributed by atoms with Gasteiger partial charge in [-0.1, -0.05) is 23.7 Å². The fourth-order valence-electron chi connectivity index (χ4n) is 2.65. The molecular weight excluding hydrogens is 272 g/mol. The number of halogens is 1. The normalized spacial score (nSPS) is 16.6. The summed E-state index contributed by atoms with van der Waals surface area (Å²) >= 11 is 5.91. The first-order valence-electron chi connectivity index (χ1n) is 7.02. The Morgan fingerprint density at radius 3 is 2.60 bits per heavy atom. The predicted octanol–water partition coefficient (Wildman–Crippen LogP) is 2.91. The average molecular weight is 291 g/mol. The highest BCUT2D eigenvalue weighted by Crippen LogP contribution is 2.26. The first-order valence-corrected chi connectivity index (χ1v) is 7.40. The zero-order valence-electron chi connectivity index (χ0n) is 11.3. The molecular formula is C15H19ClN4. The number of piperidine rings is 1. The lowest BCUT2D eigenvalue weighted by Crippen LogP contribution is -2.36. The van der Waals surface area contributed by atoms with Gasteiger partial charge >= 0.3 is 0 Å². The van der Waals surface area contributed by atoms with Gasteiger partial charge in [-0.2, -0.15) is 5.10 Å². The minimum atomic E-state index is 0.668. The van der Waals surface area contributed by atoms with Gasteiger partial charge in [0.05, 0.1) is 5.69 Å². The van der Waals surface area contributed by atoms with E-state index < -0.39 is 0 Å². The summed E-state index contributed by atoms with van der Waals surface area (Å²) < 4.78 is 0. The van der Waals surface area contributed by atoms with E-state index in [1.165, 1.54) is 0 Å². The molecule has 1 aromatic heterocycles. The molecule has 1 saturated heterocycles. The molecule has 0 saturated carbocycles. The third-order valence-electron chi connectivity index (χ3n) is 3.99. The highest BCUT2D eigenvalue weighted by molar-refractivity contribution is 6.30. The molecule has 5 heteroatoms. The summed E-state index contributed by atoms with van der Waals surface area (Å²) in [6.45, 7) is 2.87. The van der Waals surface area contributed by atoms with Crippen molar-refractivity contribution in [1.29, 1.82) is 0 Å². The van der Waals surface area contributed by atoms with Crippen LogP contribution in [0.25, 0.3) is 11.3 Å². The monoisotopic (exact) mass is 290 g/mol. The topological polar surface area (TPSA) is 57.9 Å². The molecule has 1 aliphatic heterocycles. The number of hydrogen-bond donors (Lipinski definition) is 2. The van der Waals surface area contributed by atoms with Gasteiger partial charge < -0.3 is 10.6 Å². The number of H-pyrrole nitrogens is 1. The molecule has 1 aromatic carbocycles. The Kier molecular flexibility index (Phi) is 3.94. The number of rotatable bonds is 3. The summed E-state index contributed by atoms with van der Waals surface area (Å²) in [4.78, 5) is 2.32. The Labute approximate surface area is 123 Å². The van der Waals surface area contributed by atoms with Gasteiger partial charge in [-0.05, 0) is 43.0 Å². The average Bonchev–Trinajstić information content (AvgIpc) is 2.98. The van der Waals surface area contributed by atoms with Crippen LogP contribution in [-0.4, -0.2) is 29.8 Å². The van der Waals surface area contributed by atoms with Crippen LogP contribution in [0.3, 0.4) is 0 Å². The Morgan fingerprint density at radius 2 is 1.95 bits per heavy atom. The molecule has 1 fully saturated rings. The number of benzene rings is 1. The number of aromatic nitrogens is 2. The van der Waals surface area contributed by atoms with Crippen LogP contribution in [0, 0.1) is 5.92 Å². The maximum Gasteiger partial charge on any atom is 0.150 e. The van der Waals surface area contributed by atoms with Crippen molar-refractivity contribution in [2.75, 3.05) is 24.5 Å². The van der Waals surface area contributed by atoms with Crippen molar-refractivity contribution >= 4 is 17.4 Å². The van der Waals surface area contributed by atoms with E-state index in [-0.39, 0.29) is 0 Å². The predicted molar refractivity (Wildman–Crippen MR) is 83.0 cm³/mol. The Bertz CT molecular complexity index is 556. The van der Waals surface area contributed by atoms with E-state index in [4.69, 9.17) is 17.3 Å². The zero-order chi connectivity index (χ0) is 13.9. The molecule has 2 aromatic rings. The van der Waals surface area contributed by atoms with E-state index >= 15 is 0 Å². The van der Waals surface area contributed by atoms with Crippen LogP contribution >= 0.6 is 11.6 Å². The quantitative estimate of drug-likeness (QED) is 0.914. The van der Waals surface area contributed by atoms with Crippen LogP contribution in [-0.2, 0) is 0 Å². The van der Waals surface area contributed by atoms with Crippen LogP contribution in [0.1, 0.15) is 12.8 Å². The molecule has 0 bridgehead atoms. The van der Waals surface area contributed by atoms with Gasteiger partial charge in [0.1, 0.15) is 0 Å². The minimum Gasteiger partial charge on any atom is -0.355 e. The second-order valence-corrected chi connectivity index (χ2v) is 5.75. The van der Waals surface area contributed by atoms with Crippen molar-refractivity contribution in [1.82, 2.24) is 10.2 Å². The molecule has 0 spiro atoms. The third-order valence-corrected chi connectivity index (χ3v) is 4.24. The molecule has 0 amide bonds. The molecule has 3 N–H and O–H groups in total. The van der Waals surface area contributed by atoms with Gasteiger partial charge in [-0.25, -0.2) is 0 Å².